The number of benzene rings is 1. The van der Waals surface area contributed by atoms with Crippen molar-refractivity contribution >= 4 is 11.9 Å². The molecule has 29 heavy (non-hydrogen) atoms. The maximum Gasteiger partial charge on any atom is 0.416 e. The third-order valence-corrected chi connectivity index (χ3v) is 4.67. The summed E-state index contributed by atoms with van der Waals surface area (Å²) in [5, 5.41) is 2.44. The van der Waals surface area contributed by atoms with Gasteiger partial charge in [-0.2, -0.15) is 13.2 Å². The number of ether oxygens (including phenoxy) is 1. The predicted octanol–water partition coefficient (Wildman–Crippen LogP) is 5.90. The average molecular weight is 415 g/mol. The van der Waals surface area contributed by atoms with E-state index >= 15 is 0 Å². The van der Waals surface area contributed by atoms with Crippen LogP contribution in [0.1, 0.15) is 87.6 Å². The van der Waals surface area contributed by atoms with Gasteiger partial charge in [0.15, 0.2) is 0 Å². The summed E-state index contributed by atoms with van der Waals surface area (Å²) < 4.78 is 42.8. The lowest BCUT2D eigenvalue weighted by Gasteiger charge is -2.14. The molecule has 0 aliphatic rings. The summed E-state index contributed by atoms with van der Waals surface area (Å²) in [4.78, 5) is 24.0. The number of nitrogens with one attached hydrogen (secondary N) is 1. The minimum absolute atomic E-state index is 0.0524. The quantitative estimate of drug-likeness (QED) is 0.322. The predicted molar refractivity (Wildman–Crippen MR) is 107 cm³/mol. The number of amides is 1. The molecule has 0 spiro atoms. The van der Waals surface area contributed by atoms with Crippen molar-refractivity contribution in [3.8, 4) is 0 Å². The SMILES string of the molecule is CCCCCCCCCCCOC(=O)C(C)NC(=O)c1ccc(C(F)(F)F)cc1. The normalized spacial score (nSPS) is 12.4. The van der Waals surface area contributed by atoms with E-state index in [1.807, 2.05) is 0 Å². The standard InChI is InChI=1S/C22H32F3NO3/c1-3-4-5-6-7-8-9-10-11-16-29-21(28)17(2)26-20(27)18-12-14-19(15-13-18)22(23,24)25/h12-15,17H,3-11,16H2,1-2H3,(H,26,27). The molecule has 0 saturated carbocycles. The Balaban J connectivity index is 2.21. The van der Waals surface area contributed by atoms with Crippen LogP contribution < -0.4 is 5.32 Å². The monoisotopic (exact) mass is 415 g/mol. The Bertz CT molecular complexity index is 615. The number of hydrogen-bond acceptors (Lipinski definition) is 3. The Kier molecular flexibility index (Phi) is 11.4. The van der Waals surface area contributed by atoms with Gasteiger partial charge in [-0.1, -0.05) is 58.3 Å². The van der Waals surface area contributed by atoms with Gasteiger partial charge in [0.1, 0.15) is 6.04 Å². The summed E-state index contributed by atoms with van der Waals surface area (Å²) in [6.07, 6.45) is 5.98. The van der Waals surface area contributed by atoms with E-state index in [0.29, 0.717) is 6.61 Å². The molecule has 1 aromatic carbocycles. The molecule has 0 aromatic heterocycles. The van der Waals surface area contributed by atoms with Gasteiger partial charge in [0.2, 0.25) is 0 Å². The second kappa shape index (κ2) is 13.2. The second-order valence-electron chi connectivity index (χ2n) is 7.27. The van der Waals surface area contributed by atoms with Crippen LogP contribution in [-0.4, -0.2) is 24.5 Å². The van der Waals surface area contributed by atoms with E-state index in [4.69, 9.17) is 4.74 Å². The van der Waals surface area contributed by atoms with Crippen molar-refractivity contribution in [1.29, 1.82) is 0 Å². The molecule has 1 rings (SSSR count). The van der Waals surface area contributed by atoms with Gasteiger partial charge < -0.3 is 10.1 Å². The first-order valence-electron chi connectivity index (χ1n) is 10.4. The minimum Gasteiger partial charge on any atom is -0.464 e. The molecule has 0 heterocycles. The van der Waals surface area contributed by atoms with Crippen molar-refractivity contribution in [3.63, 3.8) is 0 Å². The molecule has 1 atom stereocenters. The van der Waals surface area contributed by atoms with E-state index in [9.17, 15) is 22.8 Å². The molecular weight excluding hydrogens is 383 g/mol. The number of alkyl halides is 3. The summed E-state index contributed by atoms with van der Waals surface area (Å²) >= 11 is 0. The fourth-order valence-electron chi connectivity index (χ4n) is 2.86. The third kappa shape index (κ3) is 10.3. The maximum absolute atomic E-state index is 12.6. The molecule has 0 radical (unpaired) electrons. The smallest absolute Gasteiger partial charge is 0.416 e. The van der Waals surface area contributed by atoms with Crippen LogP contribution in [0.2, 0.25) is 0 Å². The Morgan fingerprint density at radius 2 is 1.45 bits per heavy atom. The van der Waals surface area contributed by atoms with Crippen LogP contribution in [0.4, 0.5) is 13.2 Å². The van der Waals surface area contributed by atoms with Gasteiger partial charge in [-0.05, 0) is 37.6 Å². The van der Waals surface area contributed by atoms with Gasteiger partial charge in [0.25, 0.3) is 5.91 Å². The van der Waals surface area contributed by atoms with Gasteiger partial charge in [-0.25, -0.2) is 4.79 Å². The number of hydrogen-bond donors (Lipinski definition) is 1. The van der Waals surface area contributed by atoms with Crippen molar-refractivity contribution in [2.75, 3.05) is 6.61 Å². The van der Waals surface area contributed by atoms with E-state index in [1.54, 1.807) is 0 Å². The zero-order valence-electron chi connectivity index (χ0n) is 17.3. The van der Waals surface area contributed by atoms with Crippen molar-refractivity contribution in [2.45, 2.75) is 83.9 Å². The molecule has 0 aliphatic heterocycles. The van der Waals surface area contributed by atoms with Crippen molar-refractivity contribution in [2.24, 2.45) is 0 Å². The highest BCUT2D eigenvalue weighted by atomic mass is 19.4. The van der Waals surface area contributed by atoms with Gasteiger partial charge in [0, 0.05) is 5.56 Å². The number of rotatable bonds is 13. The maximum atomic E-state index is 12.6. The Hall–Kier alpha value is -2.05. The first-order valence-corrected chi connectivity index (χ1v) is 10.4. The summed E-state index contributed by atoms with van der Waals surface area (Å²) in [7, 11) is 0. The van der Waals surface area contributed by atoms with Gasteiger partial charge in [-0.3, -0.25) is 4.79 Å². The van der Waals surface area contributed by atoms with Crippen LogP contribution in [0, 0.1) is 0 Å². The first-order chi connectivity index (χ1) is 13.8. The number of unbranched alkanes of at least 4 members (excludes halogenated alkanes) is 8. The van der Waals surface area contributed by atoms with Gasteiger partial charge in [0.05, 0.1) is 12.2 Å². The molecule has 0 fully saturated rings. The lowest BCUT2D eigenvalue weighted by molar-refractivity contribution is -0.145. The average Bonchev–Trinajstić information content (AvgIpc) is 2.68. The Morgan fingerprint density at radius 1 is 0.931 bits per heavy atom. The molecule has 7 heteroatoms. The van der Waals surface area contributed by atoms with E-state index in [0.717, 1.165) is 43.5 Å². The lowest BCUT2D eigenvalue weighted by atomic mass is 10.1. The molecule has 1 unspecified atom stereocenters. The largest absolute Gasteiger partial charge is 0.464 e. The molecule has 4 nitrogen and oxygen atoms in total. The molecule has 1 N–H and O–H groups in total. The highest BCUT2D eigenvalue weighted by Crippen LogP contribution is 2.29. The summed E-state index contributed by atoms with van der Waals surface area (Å²) in [5.41, 5.74) is -0.779. The van der Waals surface area contributed by atoms with Crippen LogP contribution in [0.15, 0.2) is 24.3 Å². The number of carbonyl (C=O) groups excluding carboxylic acids is 2. The molecular formula is C22H32F3NO3. The van der Waals surface area contributed by atoms with Crippen LogP contribution in [0.3, 0.4) is 0 Å². The molecule has 1 aromatic rings. The zero-order chi connectivity index (χ0) is 21.7. The molecule has 1 amide bonds. The molecule has 164 valence electrons. The van der Waals surface area contributed by atoms with E-state index < -0.39 is 29.7 Å². The van der Waals surface area contributed by atoms with Crippen molar-refractivity contribution < 1.29 is 27.5 Å². The van der Waals surface area contributed by atoms with E-state index in [2.05, 4.69) is 12.2 Å². The topological polar surface area (TPSA) is 55.4 Å². The first kappa shape index (κ1) is 25.0. The molecule has 0 bridgehead atoms. The van der Waals surface area contributed by atoms with Crippen LogP contribution in [-0.2, 0) is 15.7 Å². The van der Waals surface area contributed by atoms with E-state index in [-0.39, 0.29) is 5.56 Å². The summed E-state index contributed by atoms with van der Waals surface area (Å²) in [5.74, 6) is -1.17. The lowest BCUT2D eigenvalue weighted by Crippen LogP contribution is -2.39. The number of esters is 1. The molecule has 0 saturated heterocycles. The third-order valence-electron chi connectivity index (χ3n) is 4.67. The fraction of sp³-hybridized carbons (Fsp3) is 0.636. The molecule has 0 aliphatic carbocycles. The van der Waals surface area contributed by atoms with Gasteiger partial charge >= 0.3 is 12.1 Å². The van der Waals surface area contributed by atoms with Crippen molar-refractivity contribution in [1.82, 2.24) is 5.32 Å². The van der Waals surface area contributed by atoms with Gasteiger partial charge in [-0.15, -0.1) is 0 Å². The van der Waals surface area contributed by atoms with Crippen molar-refractivity contribution in [3.05, 3.63) is 35.4 Å². The number of carbonyl (C=O) groups is 2. The highest BCUT2D eigenvalue weighted by Gasteiger charge is 2.30. The highest BCUT2D eigenvalue weighted by molar-refractivity contribution is 5.96. The summed E-state index contributed by atoms with van der Waals surface area (Å²) in [6.45, 7) is 3.98. The van der Waals surface area contributed by atoms with Crippen LogP contribution in [0.25, 0.3) is 0 Å². The zero-order valence-corrected chi connectivity index (χ0v) is 17.3. The second-order valence-corrected chi connectivity index (χ2v) is 7.27. The number of halogens is 3. The van der Waals surface area contributed by atoms with Crippen LogP contribution >= 0.6 is 0 Å². The summed E-state index contributed by atoms with van der Waals surface area (Å²) in [6, 6.07) is 2.96. The fourth-order valence-corrected chi connectivity index (χ4v) is 2.86. The van der Waals surface area contributed by atoms with Crippen LogP contribution in [0.5, 0.6) is 0 Å². The Labute approximate surface area is 171 Å². The minimum atomic E-state index is -4.46. The van der Waals surface area contributed by atoms with E-state index in [1.165, 1.54) is 45.4 Å². The Morgan fingerprint density at radius 3 is 1.97 bits per heavy atom.